The van der Waals surface area contributed by atoms with Crippen molar-refractivity contribution in [2.45, 2.75) is 32.2 Å². The molecule has 0 radical (unpaired) electrons. The Hall–Kier alpha value is -1.26. The first-order chi connectivity index (χ1) is 8.96. The monoisotopic (exact) mass is 282 g/mol. The average Bonchev–Trinajstić information content (AvgIpc) is 2.82. The Morgan fingerprint density at radius 1 is 1.53 bits per heavy atom. The molecule has 1 unspecified atom stereocenters. The third-order valence-electron chi connectivity index (χ3n) is 3.60. The molecule has 0 aliphatic carbocycles. The number of rotatable bonds is 3. The van der Waals surface area contributed by atoms with Gasteiger partial charge in [0.1, 0.15) is 5.75 Å². The molecular weight excluding hydrogens is 264 g/mol. The molecule has 19 heavy (non-hydrogen) atoms. The Balaban J connectivity index is 2.23. The molecule has 0 aromatic heterocycles. The summed E-state index contributed by atoms with van der Waals surface area (Å²) in [5, 5.41) is 6.79. The van der Waals surface area contributed by atoms with Gasteiger partial charge in [-0.3, -0.25) is 4.79 Å². The van der Waals surface area contributed by atoms with Crippen LogP contribution in [0.2, 0.25) is 5.02 Å². The first-order valence-electron chi connectivity index (χ1n) is 6.37. The average molecular weight is 283 g/mol. The molecule has 1 atom stereocenters. The Bertz CT molecular complexity index is 496. The highest BCUT2D eigenvalue weighted by molar-refractivity contribution is 6.31. The number of amides is 1. The van der Waals surface area contributed by atoms with E-state index in [1.54, 1.807) is 13.2 Å². The van der Waals surface area contributed by atoms with E-state index in [1.807, 2.05) is 19.9 Å². The fourth-order valence-corrected chi connectivity index (χ4v) is 2.43. The van der Waals surface area contributed by atoms with Crippen molar-refractivity contribution in [3.05, 3.63) is 22.7 Å². The van der Waals surface area contributed by atoms with Crippen LogP contribution >= 0.6 is 11.6 Å². The minimum atomic E-state index is -0.501. The van der Waals surface area contributed by atoms with Crippen molar-refractivity contribution in [3.63, 3.8) is 0 Å². The van der Waals surface area contributed by atoms with Gasteiger partial charge in [0.2, 0.25) is 5.91 Å². The summed E-state index contributed by atoms with van der Waals surface area (Å²) in [7, 11) is 1.56. The zero-order valence-corrected chi connectivity index (χ0v) is 12.2. The molecule has 1 saturated heterocycles. The van der Waals surface area contributed by atoms with Crippen LogP contribution in [0, 0.1) is 6.92 Å². The minimum absolute atomic E-state index is 0.0370. The van der Waals surface area contributed by atoms with Crippen LogP contribution in [0.4, 0.5) is 5.69 Å². The van der Waals surface area contributed by atoms with Gasteiger partial charge in [-0.25, -0.2) is 0 Å². The summed E-state index contributed by atoms with van der Waals surface area (Å²) in [5.74, 6) is 0.538. The first kappa shape index (κ1) is 14.2. The number of carbonyl (C=O) groups is 1. The molecule has 1 fully saturated rings. The molecule has 1 aliphatic heterocycles. The fraction of sp³-hybridized carbons (Fsp3) is 0.500. The van der Waals surface area contributed by atoms with Crippen LogP contribution in [0.5, 0.6) is 5.75 Å². The standard InChI is InChI=1S/C14H19ClN2O2/c1-9-7-11(12(19-3)8-10(9)15)17-13(18)14(2)5-4-6-16-14/h7-8,16H,4-6H2,1-3H3,(H,17,18). The van der Waals surface area contributed by atoms with E-state index in [0.717, 1.165) is 24.9 Å². The van der Waals surface area contributed by atoms with Gasteiger partial charge in [-0.15, -0.1) is 0 Å². The lowest BCUT2D eigenvalue weighted by Gasteiger charge is -2.24. The lowest BCUT2D eigenvalue weighted by molar-refractivity contribution is -0.121. The molecule has 2 N–H and O–H groups in total. The number of halogens is 1. The van der Waals surface area contributed by atoms with Crippen molar-refractivity contribution in [1.29, 1.82) is 0 Å². The molecule has 104 valence electrons. The highest BCUT2D eigenvalue weighted by Gasteiger charge is 2.36. The Morgan fingerprint density at radius 2 is 2.26 bits per heavy atom. The van der Waals surface area contributed by atoms with Gasteiger partial charge in [0.05, 0.1) is 18.3 Å². The summed E-state index contributed by atoms with van der Waals surface area (Å²) in [6.45, 7) is 4.69. The van der Waals surface area contributed by atoms with Gasteiger partial charge in [-0.1, -0.05) is 11.6 Å². The van der Waals surface area contributed by atoms with Gasteiger partial charge < -0.3 is 15.4 Å². The number of anilines is 1. The molecule has 1 aromatic carbocycles. The minimum Gasteiger partial charge on any atom is -0.495 e. The maximum absolute atomic E-state index is 12.3. The topological polar surface area (TPSA) is 50.4 Å². The van der Waals surface area contributed by atoms with Crippen LogP contribution in [0.15, 0.2) is 12.1 Å². The van der Waals surface area contributed by atoms with Gasteiger partial charge in [0.15, 0.2) is 0 Å². The maximum atomic E-state index is 12.3. The lowest BCUT2D eigenvalue weighted by atomic mass is 9.99. The second-order valence-corrected chi connectivity index (χ2v) is 5.53. The summed E-state index contributed by atoms with van der Waals surface area (Å²) in [5.41, 5.74) is 1.06. The quantitative estimate of drug-likeness (QED) is 0.896. The van der Waals surface area contributed by atoms with Crippen molar-refractivity contribution in [2.24, 2.45) is 0 Å². The SMILES string of the molecule is COc1cc(Cl)c(C)cc1NC(=O)C1(C)CCCN1. The van der Waals surface area contributed by atoms with E-state index in [2.05, 4.69) is 10.6 Å². The van der Waals surface area contributed by atoms with Crippen LogP contribution in [0.1, 0.15) is 25.3 Å². The van der Waals surface area contributed by atoms with E-state index in [9.17, 15) is 4.79 Å². The van der Waals surface area contributed by atoms with Crippen molar-refractivity contribution >= 4 is 23.2 Å². The predicted molar refractivity (Wildman–Crippen MR) is 77.0 cm³/mol. The number of ether oxygens (including phenoxy) is 1. The summed E-state index contributed by atoms with van der Waals surface area (Å²) >= 11 is 6.05. The lowest BCUT2D eigenvalue weighted by Crippen LogP contribution is -2.48. The zero-order chi connectivity index (χ0) is 14.0. The van der Waals surface area contributed by atoms with E-state index >= 15 is 0 Å². The fourth-order valence-electron chi connectivity index (χ4n) is 2.28. The summed E-state index contributed by atoms with van der Waals surface area (Å²) in [4.78, 5) is 12.3. The Kier molecular flexibility index (Phi) is 4.02. The van der Waals surface area contributed by atoms with E-state index in [0.29, 0.717) is 16.5 Å². The van der Waals surface area contributed by atoms with E-state index in [-0.39, 0.29) is 5.91 Å². The number of nitrogens with one attached hydrogen (secondary N) is 2. The van der Waals surface area contributed by atoms with Gasteiger partial charge in [0, 0.05) is 11.1 Å². The highest BCUT2D eigenvalue weighted by Crippen LogP contribution is 2.32. The van der Waals surface area contributed by atoms with Crippen molar-refractivity contribution in [2.75, 3.05) is 19.0 Å². The molecule has 4 nitrogen and oxygen atoms in total. The third-order valence-corrected chi connectivity index (χ3v) is 4.01. The molecule has 5 heteroatoms. The van der Waals surface area contributed by atoms with E-state index in [1.165, 1.54) is 0 Å². The second kappa shape index (κ2) is 5.39. The second-order valence-electron chi connectivity index (χ2n) is 5.12. The van der Waals surface area contributed by atoms with Crippen molar-refractivity contribution < 1.29 is 9.53 Å². The Labute approximate surface area is 118 Å². The number of hydrogen-bond acceptors (Lipinski definition) is 3. The molecule has 0 saturated carbocycles. The van der Waals surface area contributed by atoms with Crippen LogP contribution < -0.4 is 15.4 Å². The molecule has 1 heterocycles. The molecule has 2 rings (SSSR count). The molecule has 1 aliphatic rings. The number of carbonyl (C=O) groups excluding carboxylic acids is 1. The molecule has 1 amide bonds. The summed E-state index contributed by atoms with van der Waals surface area (Å²) in [6, 6.07) is 3.55. The summed E-state index contributed by atoms with van der Waals surface area (Å²) in [6.07, 6.45) is 1.86. The van der Waals surface area contributed by atoms with E-state index < -0.39 is 5.54 Å². The molecule has 0 spiro atoms. The highest BCUT2D eigenvalue weighted by atomic mass is 35.5. The van der Waals surface area contributed by atoms with Gasteiger partial charge >= 0.3 is 0 Å². The predicted octanol–water partition coefficient (Wildman–Crippen LogP) is 2.74. The van der Waals surface area contributed by atoms with Crippen LogP contribution in [0.3, 0.4) is 0 Å². The summed E-state index contributed by atoms with van der Waals surface area (Å²) < 4.78 is 5.26. The van der Waals surface area contributed by atoms with Crippen molar-refractivity contribution in [3.8, 4) is 5.75 Å². The van der Waals surface area contributed by atoms with E-state index in [4.69, 9.17) is 16.3 Å². The number of aryl methyl sites for hydroxylation is 1. The van der Waals surface area contributed by atoms with Crippen LogP contribution in [0.25, 0.3) is 0 Å². The number of methoxy groups -OCH3 is 1. The van der Waals surface area contributed by atoms with Gasteiger partial charge in [-0.2, -0.15) is 0 Å². The molecule has 1 aromatic rings. The molecular formula is C14H19ClN2O2. The van der Waals surface area contributed by atoms with Gasteiger partial charge in [-0.05, 0) is 44.9 Å². The van der Waals surface area contributed by atoms with Crippen LogP contribution in [-0.4, -0.2) is 25.1 Å². The Morgan fingerprint density at radius 3 is 2.84 bits per heavy atom. The third kappa shape index (κ3) is 2.85. The normalized spacial score (nSPS) is 22.3. The first-order valence-corrected chi connectivity index (χ1v) is 6.75. The zero-order valence-electron chi connectivity index (χ0n) is 11.5. The van der Waals surface area contributed by atoms with Crippen molar-refractivity contribution in [1.82, 2.24) is 5.32 Å². The maximum Gasteiger partial charge on any atom is 0.244 e. The number of benzene rings is 1. The molecule has 0 bridgehead atoms. The largest absolute Gasteiger partial charge is 0.495 e. The van der Waals surface area contributed by atoms with Gasteiger partial charge in [0.25, 0.3) is 0 Å². The van der Waals surface area contributed by atoms with Crippen LogP contribution in [-0.2, 0) is 4.79 Å². The number of hydrogen-bond donors (Lipinski definition) is 2. The smallest absolute Gasteiger partial charge is 0.244 e.